The fourth-order valence-electron chi connectivity index (χ4n) is 1.62. The third-order valence-corrected chi connectivity index (χ3v) is 2.72. The summed E-state index contributed by atoms with van der Waals surface area (Å²) in [6, 6.07) is 0. The van der Waals surface area contributed by atoms with Crippen LogP contribution in [-0.4, -0.2) is 28.2 Å². The number of rotatable bonds is 3. The average Bonchev–Trinajstić information content (AvgIpc) is 2.72. The highest BCUT2D eigenvalue weighted by Crippen LogP contribution is 2.56. The van der Waals surface area contributed by atoms with E-state index < -0.39 is 28.5 Å². The van der Waals surface area contributed by atoms with Crippen molar-refractivity contribution in [2.45, 2.75) is 38.3 Å². The molecule has 0 saturated heterocycles. The molecule has 5 heteroatoms. The van der Waals surface area contributed by atoms with Crippen LogP contribution in [0.3, 0.4) is 0 Å². The van der Waals surface area contributed by atoms with E-state index in [1.54, 1.807) is 20.8 Å². The van der Waals surface area contributed by atoms with E-state index in [2.05, 4.69) is 6.58 Å². The molecular formula is C11H17NO4. The minimum atomic E-state index is -1.57. The van der Waals surface area contributed by atoms with Crippen molar-refractivity contribution in [3.63, 3.8) is 0 Å². The Hall–Kier alpha value is -1.36. The summed E-state index contributed by atoms with van der Waals surface area (Å²) in [5, 5.41) is 8.95. The highest BCUT2D eigenvalue weighted by Gasteiger charge is 2.74. The van der Waals surface area contributed by atoms with Gasteiger partial charge in [-0.1, -0.05) is 6.08 Å². The Morgan fingerprint density at radius 2 is 2.00 bits per heavy atom. The maximum absolute atomic E-state index is 11.9. The molecule has 3 N–H and O–H groups in total. The van der Waals surface area contributed by atoms with Crippen LogP contribution in [0.1, 0.15) is 27.2 Å². The highest BCUT2D eigenvalue weighted by atomic mass is 16.6. The smallest absolute Gasteiger partial charge is 0.325 e. The Labute approximate surface area is 94.3 Å². The van der Waals surface area contributed by atoms with Crippen molar-refractivity contribution < 1.29 is 19.4 Å². The number of hydrogen-bond acceptors (Lipinski definition) is 4. The number of carboxylic acids is 1. The summed E-state index contributed by atoms with van der Waals surface area (Å²) >= 11 is 0. The van der Waals surface area contributed by atoms with E-state index in [0.29, 0.717) is 0 Å². The number of carbonyl (C=O) groups excluding carboxylic acids is 1. The number of esters is 1. The largest absolute Gasteiger partial charge is 0.480 e. The van der Waals surface area contributed by atoms with Crippen molar-refractivity contribution >= 4 is 11.9 Å². The van der Waals surface area contributed by atoms with Gasteiger partial charge in [0.05, 0.1) is 0 Å². The summed E-state index contributed by atoms with van der Waals surface area (Å²) in [5.41, 5.74) is 2.10. The lowest BCUT2D eigenvalue weighted by atomic mass is 10.00. The number of carboxylic acid groups (broad SMARTS) is 1. The molecule has 2 atom stereocenters. The van der Waals surface area contributed by atoms with Crippen molar-refractivity contribution in [3.05, 3.63) is 12.7 Å². The fraction of sp³-hybridized carbons (Fsp3) is 0.636. The molecule has 5 nitrogen and oxygen atoms in total. The van der Waals surface area contributed by atoms with Gasteiger partial charge in [0.15, 0.2) is 0 Å². The zero-order valence-electron chi connectivity index (χ0n) is 9.74. The van der Waals surface area contributed by atoms with Crippen LogP contribution >= 0.6 is 0 Å². The fourth-order valence-corrected chi connectivity index (χ4v) is 1.62. The molecule has 0 amide bonds. The van der Waals surface area contributed by atoms with Gasteiger partial charge in [-0.25, -0.2) is 0 Å². The molecule has 1 aliphatic carbocycles. The summed E-state index contributed by atoms with van der Waals surface area (Å²) in [6.45, 7) is 8.61. The van der Waals surface area contributed by atoms with Gasteiger partial charge in [-0.3, -0.25) is 9.59 Å². The monoisotopic (exact) mass is 227 g/mol. The van der Waals surface area contributed by atoms with Gasteiger partial charge in [-0.2, -0.15) is 0 Å². The topological polar surface area (TPSA) is 89.6 Å². The first kappa shape index (κ1) is 12.7. The lowest BCUT2D eigenvalue weighted by molar-refractivity contribution is -0.162. The van der Waals surface area contributed by atoms with E-state index in [0.717, 1.165) is 0 Å². The molecule has 0 aromatic carbocycles. The normalized spacial score (nSPS) is 33.0. The number of aliphatic carboxylic acids is 1. The van der Waals surface area contributed by atoms with Gasteiger partial charge in [-0.15, -0.1) is 6.58 Å². The molecule has 0 aromatic rings. The van der Waals surface area contributed by atoms with Crippen molar-refractivity contribution in [1.82, 2.24) is 0 Å². The molecule has 1 rings (SSSR count). The molecule has 16 heavy (non-hydrogen) atoms. The van der Waals surface area contributed by atoms with Gasteiger partial charge >= 0.3 is 11.9 Å². The summed E-state index contributed by atoms with van der Waals surface area (Å²) < 4.78 is 5.15. The first-order valence-corrected chi connectivity index (χ1v) is 4.98. The Bertz CT molecular complexity index is 357. The zero-order valence-corrected chi connectivity index (χ0v) is 9.74. The Kier molecular flexibility index (Phi) is 2.63. The predicted octanol–water partition coefficient (Wildman–Crippen LogP) is 0.686. The summed E-state index contributed by atoms with van der Waals surface area (Å²) in [5.74, 6) is -1.84. The van der Waals surface area contributed by atoms with Crippen molar-refractivity contribution in [1.29, 1.82) is 0 Å². The number of nitrogens with two attached hydrogens (primary N) is 1. The molecule has 0 aromatic heterocycles. The number of ether oxygens (including phenoxy) is 1. The van der Waals surface area contributed by atoms with E-state index in [1.165, 1.54) is 6.08 Å². The molecule has 0 spiro atoms. The first-order valence-electron chi connectivity index (χ1n) is 4.98. The molecule has 0 aliphatic heterocycles. The first-order chi connectivity index (χ1) is 7.09. The third kappa shape index (κ3) is 1.71. The van der Waals surface area contributed by atoms with Crippen molar-refractivity contribution in [2.75, 3.05) is 0 Å². The minimum Gasteiger partial charge on any atom is -0.480 e. The van der Waals surface area contributed by atoms with Gasteiger partial charge in [0.2, 0.25) is 0 Å². The quantitative estimate of drug-likeness (QED) is 0.546. The Balaban J connectivity index is 2.91. The van der Waals surface area contributed by atoms with Crippen LogP contribution in [0.4, 0.5) is 0 Å². The molecule has 1 aliphatic rings. The van der Waals surface area contributed by atoms with Crippen LogP contribution in [0, 0.1) is 5.41 Å². The van der Waals surface area contributed by atoms with Crippen LogP contribution in [0.25, 0.3) is 0 Å². The Morgan fingerprint density at radius 1 is 1.50 bits per heavy atom. The van der Waals surface area contributed by atoms with Crippen LogP contribution in [0.2, 0.25) is 0 Å². The summed E-state index contributed by atoms with van der Waals surface area (Å²) in [4.78, 5) is 22.8. The molecule has 0 heterocycles. The predicted molar refractivity (Wildman–Crippen MR) is 57.6 cm³/mol. The van der Waals surface area contributed by atoms with Gasteiger partial charge in [-0.05, 0) is 27.2 Å². The maximum Gasteiger partial charge on any atom is 0.325 e. The van der Waals surface area contributed by atoms with Crippen molar-refractivity contribution in [3.8, 4) is 0 Å². The van der Waals surface area contributed by atoms with E-state index in [1.807, 2.05) is 0 Å². The van der Waals surface area contributed by atoms with Gasteiger partial charge < -0.3 is 15.6 Å². The number of hydrogen-bond donors (Lipinski definition) is 2. The second-order valence-electron chi connectivity index (χ2n) is 5.13. The minimum absolute atomic E-state index is 0.0355. The molecule has 0 radical (unpaired) electrons. The van der Waals surface area contributed by atoms with Crippen LogP contribution < -0.4 is 5.73 Å². The second kappa shape index (κ2) is 3.31. The maximum atomic E-state index is 11.9. The molecule has 90 valence electrons. The molecular weight excluding hydrogens is 210 g/mol. The van der Waals surface area contributed by atoms with Gasteiger partial charge in [0.25, 0.3) is 0 Å². The number of carbonyl (C=O) groups is 2. The lowest BCUT2D eigenvalue weighted by Gasteiger charge is -2.23. The summed E-state index contributed by atoms with van der Waals surface area (Å²) in [7, 11) is 0. The summed E-state index contributed by atoms with van der Waals surface area (Å²) in [6.07, 6.45) is 1.31. The molecule has 0 bridgehead atoms. The van der Waals surface area contributed by atoms with Crippen LogP contribution in [0.15, 0.2) is 12.7 Å². The van der Waals surface area contributed by atoms with E-state index >= 15 is 0 Å². The molecule has 1 saturated carbocycles. The molecule has 1 fully saturated rings. The zero-order chi connectivity index (χ0) is 12.8. The van der Waals surface area contributed by atoms with Crippen molar-refractivity contribution in [2.24, 2.45) is 11.1 Å². The van der Waals surface area contributed by atoms with E-state index in [9.17, 15) is 9.59 Å². The second-order valence-corrected chi connectivity index (χ2v) is 5.13. The third-order valence-electron chi connectivity index (χ3n) is 2.72. The average molecular weight is 227 g/mol. The van der Waals surface area contributed by atoms with E-state index in [4.69, 9.17) is 15.6 Å². The van der Waals surface area contributed by atoms with Crippen LogP contribution in [-0.2, 0) is 14.3 Å². The lowest BCUT2D eigenvalue weighted by Crippen LogP contribution is -2.43. The highest BCUT2D eigenvalue weighted by molar-refractivity contribution is 5.99. The molecule has 0 unspecified atom stereocenters. The van der Waals surface area contributed by atoms with E-state index in [-0.39, 0.29) is 6.42 Å². The standard InChI is InChI=1S/C11H17NO4/c1-5-10(6-11(10,12)7(13)14)8(15)16-9(2,3)4/h5H,1,6,12H2,2-4H3,(H,13,14)/t10-,11-/m1/s1. The van der Waals surface area contributed by atoms with Crippen LogP contribution in [0.5, 0.6) is 0 Å². The van der Waals surface area contributed by atoms with Gasteiger partial charge in [0.1, 0.15) is 16.6 Å². The SMILES string of the molecule is C=C[C@]1(C(=O)OC(C)(C)C)C[C@@]1(N)C(=O)O. The van der Waals surface area contributed by atoms with Gasteiger partial charge in [0, 0.05) is 0 Å². The Morgan fingerprint density at radius 3 is 2.25 bits per heavy atom.